The van der Waals surface area contributed by atoms with Crippen LogP contribution in [0.15, 0.2) is 30.3 Å². The highest BCUT2D eigenvalue weighted by atomic mass is 16.5. The molecule has 2 aromatic rings. The van der Waals surface area contributed by atoms with Gasteiger partial charge in [0.2, 0.25) is 5.91 Å². The van der Waals surface area contributed by atoms with Gasteiger partial charge >= 0.3 is 0 Å². The molecule has 1 aliphatic heterocycles. The standard InChI is InChI=1S/C22H25NO5/c1-14(24)23-9-8-16-12-21(27-4)22(28-5)13-17(16)18(23)10-15-6-7-19(25-2)20(11-15)26-3/h6-7,10-13H,8-9H2,1-5H3/b18-10-. The first-order chi connectivity index (χ1) is 13.5. The van der Waals surface area contributed by atoms with E-state index in [0.717, 1.165) is 28.8 Å². The number of carbonyl (C=O) groups is 1. The predicted octanol–water partition coefficient (Wildman–Crippen LogP) is 3.62. The Balaban J connectivity index is 2.16. The molecule has 2 aromatic carbocycles. The first-order valence-corrected chi connectivity index (χ1v) is 8.99. The molecule has 0 aromatic heterocycles. The molecule has 0 fully saturated rings. The molecular weight excluding hydrogens is 358 g/mol. The van der Waals surface area contributed by atoms with E-state index in [1.807, 2.05) is 36.4 Å². The highest BCUT2D eigenvalue weighted by Crippen LogP contribution is 2.39. The second-order valence-corrected chi connectivity index (χ2v) is 6.43. The Hall–Kier alpha value is -3.15. The minimum atomic E-state index is -0.00726. The molecule has 0 aliphatic carbocycles. The number of rotatable bonds is 5. The van der Waals surface area contributed by atoms with Gasteiger partial charge in [-0.1, -0.05) is 6.07 Å². The second kappa shape index (κ2) is 8.25. The van der Waals surface area contributed by atoms with Crippen molar-refractivity contribution in [1.29, 1.82) is 0 Å². The van der Waals surface area contributed by atoms with E-state index in [1.165, 1.54) is 0 Å². The Morgan fingerprint density at radius 2 is 1.50 bits per heavy atom. The molecule has 28 heavy (non-hydrogen) atoms. The van der Waals surface area contributed by atoms with Crippen molar-refractivity contribution in [3.8, 4) is 23.0 Å². The third kappa shape index (κ3) is 3.63. The summed E-state index contributed by atoms with van der Waals surface area (Å²) in [6.07, 6.45) is 2.73. The maximum Gasteiger partial charge on any atom is 0.223 e. The molecule has 0 atom stereocenters. The minimum Gasteiger partial charge on any atom is -0.493 e. The van der Waals surface area contributed by atoms with E-state index in [2.05, 4.69) is 0 Å². The number of amides is 1. The van der Waals surface area contributed by atoms with Crippen LogP contribution in [0, 0.1) is 0 Å². The van der Waals surface area contributed by atoms with Gasteiger partial charge in [0, 0.05) is 19.0 Å². The lowest BCUT2D eigenvalue weighted by molar-refractivity contribution is -0.125. The van der Waals surface area contributed by atoms with E-state index >= 15 is 0 Å². The molecule has 1 amide bonds. The van der Waals surface area contributed by atoms with Gasteiger partial charge in [-0.2, -0.15) is 0 Å². The van der Waals surface area contributed by atoms with Crippen molar-refractivity contribution >= 4 is 17.7 Å². The van der Waals surface area contributed by atoms with Gasteiger partial charge in [0.15, 0.2) is 23.0 Å². The number of benzene rings is 2. The Morgan fingerprint density at radius 3 is 2.11 bits per heavy atom. The van der Waals surface area contributed by atoms with Crippen molar-refractivity contribution in [1.82, 2.24) is 4.90 Å². The van der Waals surface area contributed by atoms with Crippen LogP contribution >= 0.6 is 0 Å². The van der Waals surface area contributed by atoms with E-state index in [0.29, 0.717) is 29.5 Å². The van der Waals surface area contributed by atoms with Crippen molar-refractivity contribution in [2.75, 3.05) is 35.0 Å². The second-order valence-electron chi connectivity index (χ2n) is 6.43. The largest absolute Gasteiger partial charge is 0.493 e. The van der Waals surface area contributed by atoms with E-state index in [-0.39, 0.29) is 5.91 Å². The van der Waals surface area contributed by atoms with Gasteiger partial charge in [0.05, 0.1) is 34.1 Å². The number of nitrogens with zero attached hydrogens (tertiary/aromatic N) is 1. The average Bonchev–Trinajstić information content (AvgIpc) is 2.72. The lowest BCUT2D eigenvalue weighted by Crippen LogP contribution is -2.33. The van der Waals surface area contributed by atoms with Crippen LogP contribution in [0.2, 0.25) is 0 Å². The molecule has 0 spiro atoms. The molecule has 0 saturated heterocycles. The van der Waals surface area contributed by atoms with Gasteiger partial charge in [-0.15, -0.1) is 0 Å². The summed E-state index contributed by atoms with van der Waals surface area (Å²) in [7, 11) is 6.43. The molecule has 0 bridgehead atoms. The number of carbonyl (C=O) groups excluding carboxylic acids is 1. The van der Waals surface area contributed by atoms with Gasteiger partial charge in [-0.3, -0.25) is 4.79 Å². The molecule has 6 heteroatoms. The normalized spacial score (nSPS) is 14.5. The molecule has 0 N–H and O–H groups in total. The van der Waals surface area contributed by atoms with Crippen LogP contribution in [0.3, 0.4) is 0 Å². The monoisotopic (exact) mass is 383 g/mol. The van der Waals surface area contributed by atoms with Gasteiger partial charge in [0.25, 0.3) is 0 Å². The van der Waals surface area contributed by atoms with Crippen LogP contribution < -0.4 is 18.9 Å². The quantitative estimate of drug-likeness (QED) is 0.789. The van der Waals surface area contributed by atoms with Crippen LogP contribution in [0.4, 0.5) is 0 Å². The molecular formula is C22H25NO5. The van der Waals surface area contributed by atoms with Gasteiger partial charge in [-0.05, 0) is 47.9 Å². The zero-order valence-electron chi connectivity index (χ0n) is 16.9. The average molecular weight is 383 g/mol. The number of hydrogen-bond acceptors (Lipinski definition) is 5. The summed E-state index contributed by atoms with van der Waals surface area (Å²) < 4.78 is 21.6. The van der Waals surface area contributed by atoms with Crippen molar-refractivity contribution in [2.45, 2.75) is 13.3 Å². The number of ether oxygens (including phenoxy) is 4. The first-order valence-electron chi connectivity index (χ1n) is 8.99. The van der Waals surface area contributed by atoms with Crippen LogP contribution in [0.1, 0.15) is 23.6 Å². The molecule has 0 radical (unpaired) electrons. The molecule has 148 valence electrons. The highest BCUT2D eigenvalue weighted by molar-refractivity contribution is 5.93. The molecule has 6 nitrogen and oxygen atoms in total. The molecule has 1 heterocycles. The fourth-order valence-electron chi connectivity index (χ4n) is 3.45. The van der Waals surface area contributed by atoms with Crippen molar-refractivity contribution in [3.05, 3.63) is 47.0 Å². The van der Waals surface area contributed by atoms with Gasteiger partial charge < -0.3 is 23.8 Å². The van der Waals surface area contributed by atoms with Crippen LogP contribution in [-0.4, -0.2) is 45.8 Å². The molecule has 0 unspecified atom stereocenters. The third-order valence-corrected chi connectivity index (χ3v) is 4.87. The van der Waals surface area contributed by atoms with Crippen LogP contribution in [-0.2, 0) is 11.2 Å². The molecule has 1 aliphatic rings. The van der Waals surface area contributed by atoms with Crippen molar-refractivity contribution < 1.29 is 23.7 Å². The lowest BCUT2D eigenvalue weighted by Gasteiger charge is -2.31. The molecule has 0 saturated carbocycles. The van der Waals surface area contributed by atoms with E-state index in [1.54, 1.807) is 40.3 Å². The smallest absolute Gasteiger partial charge is 0.223 e. The fourth-order valence-corrected chi connectivity index (χ4v) is 3.45. The predicted molar refractivity (Wildman–Crippen MR) is 108 cm³/mol. The van der Waals surface area contributed by atoms with Crippen LogP contribution in [0.5, 0.6) is 23.0 Å². The van der Waals surface area contributed by atoms with E-state index in [4.69, 9.17) is 18.9 Å². The summed E-state index contributed by atoms with van der Waals surface area (Å²) in [6.45, 7) is 2.19. The Labute approximate surface area is 165 Å². The number of fused-ring (bicyclic) bond motifs is 1. The summed E-state index contributed by atoms with van der Waals surface area (Å²) in [6, 6.07) is 9.58. The highest BCUT2D eigenvalue weighted by Gasteiger charge is 2.26. The Bertz CT molecular complexity index is 919. The number of hydrogen-bond donors (Lipinski definition) is 0. The van der Waals surface area contributed by atoms with Crippen molar-refractivity contribution in [2.24, 2.45) is 0 Å². The zero-order chi connectivity index (χ0) is 20.3. The van der Waals surface area contributed by atoms with Crippen LogP contribution in [0.25, 0.3) is 11.8 Å². The zero-order valence-corrected chi connectivity index (χ0v) is 16.9. The lowest BCUT2D eigenvalue weighted by atomic mass is 9.94. The Kier molecular flexibility index (Phi) is 5.78. The van der Waals surface area contributed by atoms with Gasteiger partial charge in [-0.25, -0.2) is 0 Å². The fraction of sp³-hybridized carbons (Fsp3) is 0.318. The number of methoxy groups -OCH3 is 4. The summed E-state index contributed by atoms with van der Waals surface area (Å²) in [4.78, 5) is 14.1. The minimum absolute atomic E-state index is 0.00726. The maximum absolute atomic E-state index is 12.3. The summed E-state index contributed by atoms with van der Waals surface area (Å²) in [5.74, 6) is 2.60. The Morgan fingerprint density at radius 1 is 0.893 bits per heavy atom. The topological polar surface area (TPSA) is 57.2 Å². The van der Waals surface area contributed by atoms with Gasteiger partial charge in [0.1, 0.15) is 0 Å². The SMILES string of the molecule is COc1ccc(/C=C2/c3cc(OC)c(OC)cc3CCN2C(C)=O)cc1OC. The maximum atomic E-state index is 12.3. The van der Waals surface area contributed by atoms with E-state index < -0.39 is 0 Å². The van der Waals surface area contributed by atoms with E-state index in [9.17, 15) is 4.79 Å². The van der Waals surface area contributed by atoms with Crippen molar-refractivity contribution in [3.63, 3.8) is 0 Å². The molecule has 3 rings (SSSR count). The first kappa shape index (κ1) is 19.6. The summed E-state index contributed by atoms with van der Waals surface area (Å²) in [5, 5.41) is 0. The summed E-state index contributed by atoms with van der Waals surface area (Å²) in [5.41, 5.74) is 3.79. The third-order valence-electron chi connectivity index (χ3n) is 4.87. The summed E-state index contributed by atoms with van der Waals surface area (Å²) >= 11 is 0.